The average Bonchev–Trinajstić information content (AvgIpc) is 2.64. The van der Waals surface area contributed by atoms with Crippen molar-refractivity contribution in [1.82, 2.24) is 14.8 Å². The van der Waals surface area contributed by atoms with Gasteiger partial charge in [-0.3, -0.25) is 9.59 Å². The van der Waals surface area contributed by atoms with Gasteiger partial charge in [0.25, 0.3) is 0 Å². The molecule has 1 aromatic heterocycles. The van der Waals surface area contributed by atoms with E-state index in [1.165, 1.54) is 11.8 Å². The molecule has 1 aromatic rings. The van der Waals surface area contributed by atoms with E-state index in [1.807, 2.05) is 23.1 Å². The lowest BCUT2D eigenvalue weighted by molar-refractivity contribution is -0.142. The smallest absolute Gasteiger partial charge is 0.233 e. The normalized spacial score (nSPS) is 24.0. The maximum Gasteiger partial charge on any atom is 0.233 e. The molecule has 0 aliphatic carbocycles. The Hall–Kier alpha value is -1.60. The predicted octanol–water partition coefficient (Wildman–Crippen LogP) is 1.40. The van der Waals surface area contributed by atoms with Crippen LogP contribution in [0.25, 0.3) is 0 Å². The molecule has 3 rings (SSSR count). The standard InChI is InChI=1S/C18H25N3O3S/c22-11-10-21-14-18(7-5-16(21)23)6-3-9-20(13-18)17(24)12-25-15-4-1-2-8-19-15/h1-2,4,8,22H,3,5-7,9-14H2/t18-/m1/s1. The molecule has 2 fully saturated rings. The van der Waals surface area contributed by atoms with E-state index in [2.05, 4.69) is 4.98 Å². The van der Waals surface area contributed by atoms with Gasteiger partial charge in [-0.1, -0.05) is 17.8 Å². The summed E-state index contributed by atoms with van der Waals surface area (Å²) in [5.74, 6) is 0.654. The largest absolute Gasteiger partial charge is 0.395 e. The molecule has 1 atom stereocenters. The molecule has 3 heterocycles. The van der Waals surface area contributed by atoms with Gasteiger partial charge in [-0.2, -0.15) is 0 Å². The molecule has 1 spiro atoms. The number of pyridine rings is 1. The summed E-state index contributed by atoms with van der Waals surface area (Å²) in [6.45, 7) is 2.54. The van der Waals surface area contributed by atoms with Gasteiger partial charge in [-0.25, -0.2) is 4.98 Å². The lowest BCUT2D eigenvalue weighted by atomic mass is 9.73. The number of aromatic nitrogens is 1. The highest BCUT2D eigenvalue weighted by Gasteiger charge is 2.42. The van der Waals surface area contributed by atoms with Crippen molar-refractivity contribution >= 4 is 23.6 Å². The van der Waals surface area contributed by atoms with Gasteiger partial charge in [0.1, 0.15) is 0 Å². The van der Waals surface area contributed by atoms with Crippen molar-refractivity contribution in [2.24, 2.45) is 5.41 Å². The summed E-state index contributed by atoms with van der Waals surface area (Å²) in [5.41, 5.74) is -0.00729. The number of thioether (sulfide) groups is 1. The maximum atomic E-state index is 12.6. The Labute approximate surface area is 152 Å². The van der Waals surface area contributed by atoms with Crippen molar-refractivity contribution in [3.63, 3.8) is 0 Å². The number of nitrogens with zero attached hydrogens (tertiary/aromatic N) is 3. The molecule has 2 saturated heterocycles. The predicted molar refractivity (Wildman–Crippen MR) is 96.1 cm³/mol. The van der Waals surface area contributed by atoms with Crippen LogP contribution < -0.4 is 0 Å². The van der Waals surface area contributed by atoms with Crippen LogP contribution in [0.4, 0.5) is 0 Å². The number of hydrogen-bond donors (Lipinski definition) is 1. The van der Waals surface area contributed by atoms with Crippen LogP contribution in [0.5, 0.6) is 0 Å². The van der Waals surface area contributed by atoms with Crippen molar-refractivity contribution in [3.05, 3.63) is 24.4 Å². The van der Waals surface area contributed by atoms with E-state index in [0.29, 0.717) is 31.8 Å². The van der Waals surface area contributed by atoms with E-state index in [1.54, 1.807) is 11.1 Å². The van der Waals surface area contributed by atoms with E-state index in [-0.39, 0.29) is 23.8 Å². The third-order valence-corrected chi connectivity index (χ3v) is 6.04. The highest BCUT2D eigenvalue weighted by Crippen LogP contribution is 2.39. The molecule has 136 valence electrons. The van der Waals surface area contributed by atoms with Crippen LogP contribution in [0.1, 0.15) is 25.7 Å². The minimum absolute atomic E-state index is 0.00729. The fourth-order valence-corrected chi connectivity index (χ4v) is 4.60. The number of rotatable bonds is 5. The molecule has 0 radical (unpaired) electrons. The van der Waals surface area contributed by atoms with Gasteiger partial charge in [0.15, 0.2) is 0 Å². The zero-order valence-corrected chi connectivity index (χ0v) is 15.2. The average molecular weight is 363 g/mol. The van der Waals surface area contributed by atoms with E-state index in [0.717, 1.165) is 30.8 Å². The Kier molecular flexibility index (Phi) is 5.96. The quantitative estimate of drug-likeness (QED) is 0.801. The van der Waals surface area contributed by atoms with Crippen LogP contribution in [-0.2, 0) is 9.59 Å². The lowest BCUT2D eigenvalue weighted by Crippen LogP contribution is -2.55. The molecule has 2 aliphatic heterocycles. The molecule has 7 heteroatoms. The fraction of sp³-hybridized carbons (Fsp3) is 0.611. The maximum absolute atomic E-state index is 12.6. The van der Waals surface area contributed by atoms with Crippen molar-refractivity contribution in [2.75, 3.05) is 38.5 Å². The van der Waals surface area contributed by atoms with Gasteiger partial charge in [0.05, 0.1) is 17.4 Å². The van der Waals surface area contributed by atoms with Crippen molar-refractivity contribution < 1.29 is 14.7 Å². The number of amides is 2. The summed E-state index contributed by atoms with van der Waals surface area (Å²) in [7, 11) is 0. The first kappa shape index (κ1) is 18.2. The number of carbonyl (C=O) groups excluding carboxylic acids is 2. The van der Waals surface area contributed by atoms with Crippen molar-refractivity contribution in [2.45, 2.75) is 30.7 Å². The van der Waals surface area contributed by atoms with Crippen LogP contribution in [0.2, 0.25) is 0 Å². The van der Waals surface area contributed by atoms with Gasteiger partial charge in [0, 0.05) is 44.2 Å². The Morgan fingerprint density at radius 2 is 2.20 bits per heavy atom. The summed E-state index contributed by atoms with van der Waals surface area (Å²) in [4.78, 5) is 32.6. The van der Waals surface area contributed by atoms with E-state index < -0.39 is 0 Å². The number of aliphatic hydroxyl groups excluding tert-OH is 1. The summed E-state index contributed by atoms with van der Waals surface area (Å²) in [5, 5.41) is 10.0. The molecule has 0 aromatic carbocycles. The first-order valence-corrected chi connectivity index (χ1v) is 9.81. The Morgan fingerprint density at radius 3 is 2.96 bits per heavy atom. The second-order valence-electron chi connectivity index (χ2n) is 6.91. The highest BCUT2D eigenvalue weighted by atomic mass is 32.2. The zero-order valence-electron chi connectivity index (χ0n) is 14.4. The second-order valence-corrected chi connectivity index (χ2v) is 7.91. The minimum atomic E-state index is -0.00875. The van der Waals surface area contributed by atoms with Crippen LogP contribution in [0.3, 0.4) is 0 Å². The molecular weight excluding hydrogens is 338 g/mol. The number of aliphatic hydroxyl groups is 1. The SMILES string of the molecule is O=C1CC[C@@]2(CCCN(C(=O)CSc3ccccn3)C2)CN1CCO. The minimum Gasteiger partial charge on any atom is -0.395 e. The number of likely N-dealkylation sites (tertiary alicyclic amines) is 2. The Balaban J connectivity index is 1.58. The van der Waals surface area contributed by atoms with Crippen molar-refractivity contribution in [1.29, 1.82) is 0 Å². The Morgan fingerprint density at radius 1 is 1.32 bits per heavy atom. The molecule has 0 saturated carbocycles. The monoisotopic (exact) mass is 363 g/mol. The fourth-order valence-electron chi connectivity index (χ4n) is 3.84. The van der Waals surface area contributed by atoms with Crippen LogP contribution >= 0.6 is 11.8 Å². The molecule has 2 amide bonds. The Bertz CT molecular complexity index is 613. The van der Waals surface area contributed by atoms with Crippen LogP contribution in [-0.4, -0.2) is 70.2 Å². The van der Waals surface area contributed by atoms with Crippen molar-refractivity contribution in [3.8, 4) is 0 Å². The summed E-state index contributed by atoms with van der Waals surface area (Å²) >= 11 is 1.47. The van der Waals surface area contributed by atoms with Gasteiger partial charge < -0.3 is 14.9 Å². The second kappa shape index (κ2) is 8.19. The van der Waals surface area contributed by atoms with Gasteiger partial charge in [-0.05, 0) is 31.4 Å². The third-order valence-electron chi connectivity index (χ3n) is 5.11. The molecule has 1 N–H and O–H groups in total. The third kappa shape index (κ3) is 4.52. The van der Waals surface area contributed by atoms with Gasteiger partial charge in [-0.15, -0.1) is 0 Å². The van der Waals surface area contributed by atoms with E-state index >= 15 is 0 Å². The van der Waals surface area contributed by atoms with Crippen LogP contribution in [0.15, 0.2) is 29.4 Å². The van der Waals surface area contributed by atoms with E-state index in [4.69, 9.17) is 0 Å². The number of carbonyl (C=O) groups is 2. The molecular formula is C18H25N3O3S. The lowest BCUT2D eigenvalue weighted by Gasteiger charge is -2.48. The summed E-state index contributed by atoms with van der Waals surface area (Å²) < 4.78 is 0. The van der Waals surface area contributed by atoms with Gasteiger partial charge >= 0.3 is 0 Å². The first-order valence-electron chi connectivity index (χ1n) is 8.82. The first-order chi connectivity index (χ1) is 12.1. The number of β-amino-alcohol motifs (C(OH)–C–C–N with tert-alkyl or cyclic N) is 1. The van der Waals surface area contributed by atoms with Crippen LogP contribution in [0, 0.1) is 5.41 Å². The highest BCUT2D eigenvalue weighted by molar-refractivity contribution is 7.99. The molecule has 2 aliphatic rings. The molecule has 6 nitrogen and oxygen atoms in total. The number of piperidine rings is 2. The topological polar surface area (TPSA) is 73.7 Å². The van der Waals surface area contributed by atoms with Gasteiger partial charge in [0.2, 0.25) is 11.8 Å². The number of hydrogen-bond acceptors (Lipinski definition) is 5. The van der Waals surface area contributed by atoms with E-state index in [9.17, 15) is 14.7 Å². The summed E-state index contributed by atoms with van der Waals surface area (Å²) in [6.07, 6.45) is 5.10. The molecule has 0 bridgehead atoms. The molecule has 25 heavy (non-hydrogen) atoms. The summed E-state index contributed by atoms with van der Waals surface area (Å²) in [6, 6.07) is 5.70. The zero-order chi connectivity index (χ0) is 17.7. The molecule has 0 unspecified atom stereocenters.